The van der Waals surface area contributed by atoms with Gasteiger partial charge in [-0.05, 0) is 48.5 Å². The summed E-state index contributed by atoms with van der Waals surface area (Å²) < 4.78 is 5.68. The molecule has 0 radical (unpaired) electrons. The van der Waals surface area contributed by atoms with E-state index in [-0.39, 0.29) is 12.8 Å². The molecule has 0 unspecified atom stereocenters. The fourth-order valence-electron chi connectivity index (χ4n) is 2.03. The van der Waals surface area contributed by atoms with Crippen molar-refractivity contribution in [2.24, 2.45) is 0 Å². The Balaban J connectivity index is 1.63. The van der Waals surface area contributed by atoms with Gasteiger partial charge >= 0.3 is 5.97 Å². The summed E-state index contributed by atoms with van der Waals surface area (Å²) in [6.07, 6.45) is -0.456. The molecule has 0 bridgehead atoms. The van der Waals surface area contributed by atoms with Crippen LogP contribution in [0.4, 0.5) is 5.69 Å². The number of amides is 3. The van der Waals surface area contributed by atoms with Crippen molar-refractivity contribution in [3.05, 3.63) is 63.6 Å². The van der Waals surface area contributed by atoms with Crippen molar-refractivity contribution in [1.82, 2.24) is 10.9 Å². The normalized spacial score (nSPS) is 10.0. The first-order valence-electron chi connectivity index (χ1n) is 8.39. The summed E-state index contributed by atoms with van der Waals surface area (Å²) in [6.45, 7) is -0.468. The number of halogens is 2. The highest BCUT2D eigenvalue weighted by Crippen LogP contribution is 2.14. The zero-order chi connectivity index (χ0) is 21.2. The molecule has 3 N–H and O–H groups in total. The molecule has 0 spiro atoms. The first kappa shape index (κ1) is 22.4. The van der Waals surface area contributed by atoms with Gasteiger partial charge in [0, 0.05) is 27.2 Å². The molecule has 8 nitrogen and oxygen atoms in total. The topological polar surface area (TPSA) is 114 Å². The summed E-state index contributed by atoms with van der Waals surface area (Å²) in [4.78, 5) is 46.9. The lowest BCUT2D eigenvalue weighted by Gasteiger charge is -2.08. The molecule has 0 saturated carbocycles. The van der Waals surface area contributed by atoms with Crippen LogP contribution >= 0.6 is 27.5 Å². The van der Waals surface area contributed by atoms with Gasteiger partial charge in [0.15, 0.2) is 6.61 Å². The van der Waals surface area contributed by atoms with Crippen LogP contribution in [-0.4, -0.2) is 30.3 Å². The van der Waals surface area contributed by atoms with Gasteiger partial charge in [0.2, 0.25) is 5.91 Å². The van der Waals surface area contributed by atoms with Crippen molar-refractivity contribution in [1.29, 1.82) is 0 Å². The van der Waals surface area contributed by atoms with Crippen LogP contribution in [0, 0.1) is 0 Å². The SMILES string of the molecule is O=C(CCC(=O)OCC(=O)Nc1ccc(Br)cc1)NNC(=O)c1ccc(Cl)cc1. The standard InChI is InChI=1S/C19H17BrClN3O5/c20-13-3-7-15(8-4-13)22-17(26)11-29-18(27)10-9-16(25)23-24-19(28)12-1-5-14(21)6-2-12/h1-8H,9-11H2,(H,22,26)(H,23,25)(H,24,28). The fraction of sp³-hybridized carbons (Fsp3) is 0.158. The van der Waals surface area contributed by atoms with E-state index in [1.807, 2.05) is 0 Å². The smallest absolute Gasteiger partial charge is 0.306 e. The average Bonchev–Trinajstić information content (AvgIpc) is 2.71. The first-order chi connectivity index (χ1) is 13.8. The van der Waals surface area contributed by atoms with Gasteiger partial charge in [-0.25, -0.2) is 0 Å². The minimum absolute atomic E-state index is 0.214. The van der Waals surface area contributed by atoms with E-state index in [0.717, 1.165) is 4.47 Å². The number of carbonyl (C=O) groups excluding carboxylic acids is 4. The van der Waals surface area contributed by atoms with Crippen LogP contribution in [0.3, 0.4) is 0 Å². The number of hydrogen-bond donors (Lipinski definition) is 3. The monoisotopic (exact) mass is 481 g/mol. The van der Waals surface area contributed by atoms with Crippen LogP contribution in [-0.2, 0) is 19.1 Å². The summed E-state index contributed by atoms with van der Waals surface area (Å²) in [5.74, 6) is -2.32. The van der Waals surface area contributed by atoms with E-state index >= 15 is 0 Å². The zero-order valence-corrected chi connectivity index (χ0v) is 17.4. The van der Waals surface area contributed by atoms with Gasteiger partial charge in [0.05, 0.1) is 6.42 Å². The fourth-order valence-corrected chi connectivity index (χ4v) is 2.42. The van der Waals surface area contributed by atoms with Gasteiger partial charge in [0.1, 0.15) is 0 Å². The quantitative estimate of drug-likeness (QED) is 0.415. The lowest BCUT2D eigenvalue weighted by atomic mass is 10.2. The van der Waals surface area contributed by atoms with Crippen LogP contribution < -0.4 is 16.2 Å². The number of hydrogen-bond acceptors (Lipinski definition) is 5. The average molecular weight is 483 g/mol. The van der Waals surface area contributed by atoms with Crippen molar-refractivity contribution in [3.63, 3.8) is 0 Å². The Hall–Kier alpha value is -2.91. The summed E-state index contributed by atoms with van der Waals surface area (Å²) in [5, 5.41) is 3.05. The van der Waals surface area contributed by atoms with E-state index in [4.69, 9.17) is 16.3 Å². The lowest BCUT2D eigenvalue weighted by Crippen LogP contribution is -2.41. The third-order valence-electron chi connectivity index (χ3n) is 3.47. The van der Waals surface area contributed by atoms with Crippen molar-refractivity contribution in [2.75, 3.05) is 11.9 Å². The van der Waals surface area contributed by atoms with Crippen molar-refractivity contribution in [3.8, 4) is 0 Å². The molecule has 3 amide bonds. The molecule has 0 aromatic heterocycles. The zero-order valence-electron chi connectivity index (χ0n) is 15.0. The number of rotatable bonds is 7. The summed E-state index contributed by atoms with van der Waals surface area (Å²) in [7, 11) is 0. The number of esters is 1. The van der Waals surface area contributed by atoms with E-state index in [1.165, 1.54) is 12.1 Å². The molecule has 2 aromatic rings. The van der Waals surface area contributed by atoms with Crippen molar-refractivity contribution < 1.29 is 23.9 Å². The predicted molar refractivity (Wildman–Crippen MR) is 110 cm³/mol. The Labute approximate surface area is 180 Å². The Morgan fingerprint density at radius 1 is 0.862 bits per heavy atom. The summed E-state index contributed by atoms with van der Waals surface area (Å²) in [5.41, 5.74) is 5.28. The van der Waals surface area contributed by atoms with Crippen LogP contribution in [0.15, 0.2) is 53.0 Å². The molecule has 0 atom stereocenters. The van der Waals surface area contributed by atoms with Crippen LogP contribution in [0.5, 0.6) is 0 Å². The van der Waals surface area contributed by atoms with Crippen LogP contribution in [0.2, 0.25) is 5.02 Å². The van der Waals surface area contributed by atoms with Crippen molar-refractivity contribution >= 4 is 56.9 Å². The molecule has 29 heavy (non-hydrogen) atoms. The maximum absolute atomic E-state index is 11.8. The summed E-state index contributed by atoms with van der Waals surface area (Å²) in [6, 6.07) is 13.0. The molecule has 152 valence electrons. The number of hydrazine groups is 1. The lowest BCUT2D eigenvalue weighted by molar-refractivity contribution is -0.148. The second kappa shape index (κ2) is 11.2. The number of anilines is 1. The van der Waals surface area contributed by atoms with Gasteiger partial charge in [-0.1, -0.05) is 27.5 Å². The molecule has 0 aliphatic carbocycles. The van der Waals surface area contributed by atoms with E-state index in [0.29, 0.717) is 16.3 Å². The maximum Gasteiger partial charge on any atom is 0.306 e. The van der Waals surface area contributed by atoms with Gasteiger partial charge < -0.3 is 10.1 Å². The Morgan fingerprint density at radius 2 is 1.52 bits per heavy atom. The maximum atomic E-state index is 11.8. The van der Waals surface area contributed by atoms with Crippen molar-refractivity contribution in [2.45, 2.75) is 12.8 Å². The Bertz CT molecular complexity index is 888. The minimum atomic E-state index is -0.713. The third kappa shape index (κ3) is 8.32. The molecule has 0 saturated heterocycles. The molecule has 0 aliphatic heterocycles. The predicted octanol–water partition coefficient (Wildman–Crippen LogP) is 2.83. The van der Waals surface area contributed by atoms with Crippen LogP contribution in [0.25, 0.3) is 0 Å². The third-order valence-corrected chi connectivity index (χ3v) is 4.25. The summed E-state index contributed by atoms with van der Waals surface area (Å²) >= 11 is 9.02. The second-order valence-corrected chi connectivity index (χ2v) is 7.08. The Kier molecular flexibility index (Phi) is 8.63. The highest BCUT2D eigenvalue weighted by Gasteiger charge is 2.12. The second-order valence-electron chi connectivity index (χ2n) is 5.72. The molecular weight excluding hydrogens is 466 g/mol. The number of carbonyl (C=O) groups is 4. The first-order valence-corrected chi connectivity index (χ1v) is 9.56. The number of benzene rings is 2. The van der Waals surface area contributed by atoms with E-state index in [9.17, 15) is 19.2 Å². The molecule has 2 rings (SSSR count). The van der Waals surface area contributed by atoms with Gasteiger partial charge in [-0.3, -0.25) is 30.0 Å². The van der Waals surface area contributed by atoms with E-state index < -0.39 is 30.3 Å². The highest BCUT2D eigenvalue weighted by atomic mass is 79.9. The molecule has 2 aromatic carbocycles. The molecule has 0 aliphatic rings. The van der Waals surface area contributed by atoms with E-state index in [1.54, 1.807) is 36.4 Å². The highest BCUT2D eigenvalue weighted by molar-refractivity contribution is 9.10. The Morgan fingerprint density at radius 3 is 2.17 bits per heavy atom. The minimum Gasteiger partial charge on any atom is -0.456 e. The van der Waals surface area contributed by atoms with Gasteiger partial charge in [-0.2, -0.15) is 0 Å². The molecule has 10 heteroatoms. The number of nitrogens with one attached hydrogen (secondary N) is 3. The molecule has 0 fully saturated rings. The molecule has 0 heterocycles. The van der Waals surface area contributed by atoms with Crippen LogP contribution in [0.1, 0.15) is 23.2 Å². The number of ether oxygens (including phenoxy) is 1. The molecular formula is C19H17BrClN3O5. The van der Waals surface area contributed by atoms with Gasteiger partial charge in [-0.15, -0.1) is 0 Å². The van der Waals surface area contributed by atoms with E-state index in [2.05, 4.69) is 32.1 Å². The van der Waals surface area contributed by atoms with Gasteiger partial charge in [0.25, 0.3) is 11.8 Å². The largest absolute Gasteiger partial charge is 0.456 e.